The normalized spacial score (nSPS) is 12.8. The number of aliphatic hydroxyl groups excluding tert-OH is 1. The first kappa shape index (κ1) is 16.7. The summed E-state index contributed by atoms with van der Waals surface area (Å²) in [4.78, 5) is 0.212. The summed E-state index contributed by atoms with van der Waals surface area (Å²) >= 11 is 0. The van der Waals surface area contributed by atoms with E-state index in [0.29, 0.717) is 6.42 Å². The number of nitrogens with two attached hydrogens (primary N) is 1. The number of nitrogens with zero attached hydrogens (tertiary/aromatic N) is 1. The number of sulfonamides is 1. The van der Waals surface area contributed by atoms with Gasteiger partial charge in [0.25, 0.3) is 0 Å². The highest BCUT2D eigenvalue weighted by atomic mass is 32.2. The fourth-order valence-electron chi connectivity index (χ4n) is 1.53. The molecule has 0 heterocycles. The van der Waals surface area contributed by atoms with Crippen molar-refractivity contribution in [1.29, 1.82) is 0 Å². The predicted octanol–water partition coefficient (Wildman–Crippen LogP) is 0.388. The largest absolute Gasteiger partial charge is 0.393 e. The molecule has 0 saturated heterocycles. The molecular formula is C14H20N2O3S. The molecule has 1 atom stereocenters. The highest BCUT2D eigenvalue weighted by Gasteiger charge is 2.20. The fraction of sp³-hybridized carbons (Fsp3) is 0.429. The van der Waals surface area contributed by atoms with E-state index in [0.717, 1.165) is 5.56 Å². The average molecular weight is 296 g/mol. The Balaban J connectivity index is 2.87. The molecule has 0 aliphatic rings. The monoisotopic (exact) mass is 296 g/mol. The Labute approximate surface area is 120 Å². The number of aliphatic hydroxyl groups is 1. The maximum atomic E-state index is 12.3. The van der Waals surface area contributed by atoms with Crippen molar-refractivity contribution in [2.45, 2.75) is 24.3 Å². The highest BCUT2D eigenvalue weighted by molar-refractivity contribution is 7.89. The van der Waals surface area contributed by atoms with Gasteiger partial charge in [-0.2, -0.15) is 0 Å². The van der Waals surface area contributed by atoms with Crippen molar-refractivity contribution in [1.82, 2.24) is 4.31 Å². The maximum Gasteiger partial charge on any atom is 0.242 e. The van der Waals surface area contributed by atoms with Gasteiger partial charge in [-0.15, -0.1) is 0 Å². The summed E-state index contributed by atoms with van der Waals surface area (Å²) in [5, 5.41) is 9.21. The van der Waals surface area contributed by atoms with Crippen LogP contribution in [0.15, 0.2) is 29.2 Å². The third-order valence-corrected chi connectivity index (χ3v) is 4.63. The van der Waals surface area contributed by atoms with E-state index in [9.17, 15) is 13.5 Å². The Morgan fingerprint density at radius 1 is 1.35 bits per heavy atom. The minimum atomic E-state index is -3.52. The van der Waals surface area contributed by atoms with Crippen molar-refractivity contribution in [2.75, 3.05) is 20.1 Å². The average Bonchev–Trinajstić information content (AvgIpc) is 2.42. The van der Waals surface area contributed by atoms with E-state index >= 15 is 0 Å². The third kappa shape index (κ3) is 4.62. The van der Waals surface area contributed by atoms with E-state index in [2.05, 4.69) is 11.8 Å². The number of hydrogen-bond donors (Lipinski definition) is 2. The molecule has 0 radical (unpaired) electrons. The molecule has 1 aromatic carbocycles. The van der Waals surface area contributed by atoms with Gasteiger partial charge in [-0.25, -0.2) is 12.7 Å². The molecule has 0 aromatic heterocycles. The van der Waals surface area contributed by atoms with Crippen LogP contribution < -0.4 is 5.73 Å². The Kier molecular flexibility index (Phi) is 6.17. The lowest BCUT2D eigenvalue weighted by molar-refractivity contribution is 0.177. The van der Waals surface area contributed by atoms with Crippen LogP contribution >= 0.6 is 0 Å². The highest BCUT2D eigenvalue weighted by Crippen LogP contribution is 2.15. The Morgan fingerprint density at radius 2 is 1.95 bits per heavy atom. The maximum absolute atomic E-state index is 12.3. The molecule has 20 heavy (non-hydrogen) atoms. The Bertz CT molecular complexity index is 583. The molecular weight excluding hydrogens is 276 g/mol. The number of hydrogen-bond acceptors (Lipinski definition) is 4. The van der Waals surface area contributed by atoms with Crippen LogP contribution in [0.1, 0.15) is 18.9 Å². The van der Waals surface area contributed by atoms with Gasteiger partial charge in [0.05, 0.1) is 17.5 Å². The first-order chi connectivity index (χ1) is 9.37. The zero-order chi connectivity index (χ0) is 15.2. The SMILES string of the molecule is CC(O)CCN(C)S(=O)(=O)c1ccc(C#CCN)cc1. The molecule has 0 bridgehead atoms. The summed E-state index contributed by atoms with van der Waals surface area (Å²) < 4.78 is 25.8. The molecule has 3 N–H and O–H groups in total. The predicted molar refractivity (Wildman–Crippen MR) is 78.5 cm³/mol. The van der Waals surface area contributed by atoms with Gasteiger partial charge < -0.3 is 10.8 Å². The lowest BCUT2D eigenvalue weighted by Gasteiger charge is -2.17. The van der Waals surface area contributed by atoms with Gasteiger partial charge in [0.15, 0.2) is 0 Å². The van der Waals surface area contributed by atoms with Gasteiger partial charge in [0, 0.05) is 19.2 Å². The molecule has 6 heteroatoms. The van der Waals surface area contributed by atoms with E-state index < -0.39 is 16.1 Å². The summed E-state index contributed by atoms with van der Waals surface area (Å²) in [7, 11) is -2.02. The molecule has 1 rings (SSSR count). The molecule has 5 nitrogen and oxygen atoms in total. The topological polar surface area (TPSA) is 83.6 Å². The van der Waals surface area contributed by atoms with E-state index in [1.165, 1.54) is 23.5 Å². The van der Waals surface area contributed by atoms with Crippen LogP contribution in [0, 0.1) is 11.8 Å². The number of rotatable bonds is 5. The van der Waals surface area contributed by atoms with Gasteiger partial charge in [-0.05, 0) is 37.6 Å². The number of benzene rings is 1. The first-order valence-corrected chi connectivity index (χ1v) is 7.75. The Morgan fingerprint density at radius 3 is 2.45 bits per heavy atom. The molecule has 110 valence electrons. The van der Waals surface area contributed by atoms with Crippen LogP contribution in [0.2, 0.25) is 0 Å². The summed E-state index contributed by atoms with van der Waals surface area (Å²) in [6.07, 6.45) is -0.128. The lowest BCUT2D eigenvalue weighted by Crippen LogP contribution is -2.29. The zero-order valence-electron chi connectivity index (χ0n) is 11.7. The van der Waals surface area contributed by atoms with Gasteiger partial charge >= 0.3 is 0 Å². The van der Waals surface area contributed by atoms with Crippen molar-refractivity contribution in [3.63, 3.8) is 0 Å². The molecule has 0 fully saturated rings. The van der Waals surface area contributed by atoms with Crippen molar-refractivity contribution < 1.29 is 13.5 Å². The summed E-state index contributed by atoms with van der Waals surface area (Å²) in [6, 6.07) is 6.35. The minimum Gasteiger partial charge on any atom is -0.393 e. The quantitative estimate of drug-likeness (QED) is 0.770. The summed E-state index contributed by atoms with van der Waals surface area (Å²) in [5.41, 5.74) is 6.00. The van der Waals surface area contributed by atoms with E-state index in [1.54, 1.807) is 19.1 Å². The molecule has 1 unspecified atom stereocenters. The van der Waals surface area contributed by atoms with Crippen LogP contribution in [0.5, 0.6) is 0 Å². The Hall–Kier alpha value is -1.39. The molecule has 0 spiro atoms. The van der Waals surface area contributed by atoms with Crippen LogP contribution in [-0.2, 0) is 10.0 Å². The van der Waals surface area contributed by atoms with Crippen molar-refractivity contribution >= 4 is 10.0 Å². The van der Waals surface area contributed by atoms with E-state index in [1.807, 2.05) is 0 Å². The van der Waals surface area contributed by atoms with Gasteiger partial charge in [0.2, 0.25) is 10.0 Å². The molecule has 0 aliphatic heterocycles. The van der Waals surface area contributed by atoms with Gasteiger partial charge in [0.1, 0.15) is 0 Å². The molecule has 1 aromatic rings. The fourth-order valence-corrected chi connectivity index (χ4v) is 2.72. The molecule has 0 amide bonds. The summed E-state index contributed by atoms with van der Waals surface area (Å²) in [5.74, 6) is 5.54. The van der Waals surface area contributed by atoms with Crippen molar-refractivity contribution in [2.24, 2.45) is 5.73 Å². The van der Waals surface area contributed by atoms with E-state index in [4.69, 9.17) is 5.73 Å². The van der Waals surface area contributed by atoms with Crippen molar-refractivity contribution in [3.8, 4) is 11.8 Å². The smallest absolute Gasteiger partial charge is 0.242 e. The second-order valence-corrected chi connectivity index (χ2v) is 6.54. The lowest BCUT2D eigenvalue weighted by atomic mass is 10.2. The van der Waals surface area contributed by atoms with Crippen LogP contribution in [0.3, 0.4) is 0 Å². The zero-order valence-corrected chi connectivity index (χ0v) is 12.5. The van der Waals surface area contributed by atoms with Crippen LogP contribution in [0.25, 0.3) is 0 Å². The molecule has 0 aliphatic carbocycles. The second kappa shape index (κ2) is 7.41. The van der Waals surface area contributed by atoms with E-state index in [-0.39, 0.29) is 18.0 Å². The van der Waals surface area contributed by atoms with Gasteiger partial charge in [-0.1, -0.05) is 11.8 Å². The standard InChI is InChI=1S/C14H20N2O3S/c1-12(17)9-11-16(2)20(18,19)14-7-5-13(6-8-14)4-3-10-15/h5-8,12,17H,9-11,15H2,1-2H3. The first-order valence-electron chi connectivity index (χ1n) is 6.31. The molecule has 0 saturated carbocycles. The minimum absolute atomic E-state index is 0.212. The van der Waals surface area contributed by atoms with Crippen molar-refractivity contribution in [3.05, 3.63) is 29.8 Å². The van der Waals surface area contributed by atoms with Gasteiger partial charge in [-0.3, -0.25) is 0 Å². The third-order valence-electron chi connectivity index (χ3n) is 2.76. The summed E-state index contributed by atoms with van der Waals surface area (Å²) in [6.45, 7) is 2.17. The second-order valence-electron chi connectivity index (χ2n) is 4.49. The van der Waals surface area contributed by atoms with Crippen LogP contribution in [-0.4, -0.2) is 44.1 Å². The van der Waals surface area contributed by atoms with Crippen LogP contribution in [0.4, 0.5) is 0 Å².